The van der Waals surface area contributed by atoms with Crippen molar-refractivity contribution < 1.29 is 9.53 Å². The molecule has 3 heterocycles. The second kappa shape index (κ2) is 7.09. The molecular formula is C22H23N5O2. The quantitative estimate of drug-likeness (QED) is 0.515. The van der Waals surface area contributed by atoms with Crippen molar-refractivity contribution in [1.29, 1.82) is 0 Å². The molecule has 148 valence electrons. The Morgan fingerprint density at radius 1 is 1.14 bits per heavy atom. The van der Waals surface area contributed by atoms with Gasteiger partial charge in [0.2, 0.25) is 0 Å². The van der Waals surface area contributed by atoms with Crippen LogP contribution in [0.5, 0.6) is 0 Å². The average Bonchev–Trinajstić information content (AvgIpc) is 3.35. The van der Waals surface area contributed by atoms with Crippen molar-refractivity contribution in [2.45, 2.75) is 26.4 Å². The van der Waals surface area contributed by atoms with Crippen molar-refractivity contribution in [1.82, 2.24) is 19.2 Å². The van der Waals surface area contributed by atoms with Gasteiger partial charge in [0.1, 0.15) is 11.2 Å². The van der Waals surface area contributed by atoms with Gasteiger partial charge in [0.05, 0.1) is 23.3 Å². The summed E-state index contributed by atoms with van der Waals surface area (Å²) >= 11 is 0. The van der Waals surface area contributed by atoms with E-state index in [1.165, 1.54) is 4.90 Å². The van der Waals surface area contributed by atoms with Crippen molar-refractivity contribution in [3.05, 3.63) is 67.3 Å². The number of aromatic nitrogens is 4. The number of fused-ring (bicyclic) bond motifs is 1. The number of rotatable bonds is 3. The minimum absolute atomic E-state index is 0.404. The lowest BCUT2D eigenvalue weighted by atomic mass is 10.1. The molecule has 7 heteroatoms. The van der Waals surface area contributed by atoms with Crippen molar-refractivity contribution >= 4 is 17.4 Å². The third-order valence-electron chi connectivity index (χ3n) is 4.46. The fourth-order valence-electron chi connectivity index (χ4n) is 3.05. The lowest BCUT2D eigenvalue weighted by Crippen LogP contribution is -2.34. The highest BCUT2D eigenvalue weighted by molar-refractivity contribution is 5.87. The second-order valence-corrected chi connectivity index (χ2v) is 7.80. The highest BCUT2D eigenvalue weighted by Crippen LogP contribution is 2.26. The predicted molar refractivity (Wildman–Crippen MR) is 112 cm³/mol. The molecule has 0 saturated carbocycles. The molecule has 29 heavy (non-hydrogen) atoms. The molecule has 0 unspecified atom stereocenters. The van der Waals surface area contributed by atoms with E-state index in [9.17, 15) is 4.79 Å². The third-order valence-corrected chi connectivity index (χ3v) is 4.46. The van der Waals surface area contributed by atoms with Crippen LogP contribution in [0.3, 0.4) is 0 Å². The zero-order valence-electron chi connectivity index (χ0n) is 16.9. The molecule has 0 radical (unpaired) electrons. The molecule has 0 spiro atoms. The largest absolute Gasteiger partial charge is 0.443 e. The molecular weight excluding hydrogens is 366 g/mol. The van der Waals surface area contributed by atoms with Gasteiger partial charge in [0, 0.05) is 31.2 Å². The van der Waals surface area contributed by atoms with Gasteiger partial charge in [0.15, 0.2) is 0 Å². The minimum atomic E-state index is -0.553. The van der Waals surface area contributed by atoms with Gasteiger partial charge in [-0.25, -0.2) is 14.5 Å². The van der Waals surface area contributed by atoms with Crippen molar-refractivity contribution in [3.8, 4) is 16.9 Å². The number of imidazole rings is 1. The Balaban J connectivity index is 1.71. The van der Waals surface area contributed by atoms with Crippen LogP contribution in [0.2, 0.25) is 0 Å². The van der Waals surface area contributed by atoms with E-state index in [1.807, 2.05) is 84.8 Å². The summed E-state index contributed by atoms with van der Waals surface area (Å²) in [5.41, 5.74) is 3.85. The molecule has 0 fully saturated rings. The van der Waals surface area contributed by atoms with Crippen molar-refractivity contribution in [3.63, 3.8) is 0 Å². The van der Waals surface area contributed by atoms with E-state index in [0.717, 1.165) is 22.6 Å². The number of anilines is 1. The van der Waals surface area contributed by atoms with Gasteiger partial charge < -0.3 is 4.74 Å². The molecule has 0 bridgehead atoms. The van der Waals surface area contributed by atoms with Gasteiger partial charge in [-0.2, -0.15) is 5.10 Å². The molecule has 7 nitrogen and oxygen atoms in total. The van der Waals surface area contributed by atoms with Gasteiger partial charge in [-0.15, -0.1) is 0 Å². The lowest BCUT2D eigenvalue weighted by Gasteiger charge is -2.24. The van der Waals surface area contributed by atoms with E-state index in [2.05, 4.69) is 16.1 Å². The van der Waals surface area contributed by atoms with Gasteiger partial charge in [0.25, 0.3) is 0 Å². The number of amides is 1. The van der Waals surface area contributed by atoms with E-state index in [4.69, 9.17) is 4.74 Å². The van der Waals surface area contributed by atoms with Gasteiger partial charge >= 0.3 is 6.09 Å². The van der Waals surface area contributed by atoms with Gasteiger partial charge in [-0.1, -0.05) is 12.1 Å². The molecule has 0 aliphatic rings. The maximum Gasteiger partial charge on any atom is 0.414 e. The smallest absolute Gasteiger partial charge is 0.414 e. The Morgan fingerprint density at radius 3 is 2.69 bits per heavy atom. The van der Waals surface area contributed by atoms with Gasteiger partial charge in [-0.3, -0.25) is 9.30 Å². The van der Waals surface area contributed by atoms with Crippen LogP contribution < -0.4 is 4.90 Å². The summed E-state index contributed by atoms with van der Waals surface area (Å²) in [6.45, 7) is 5.55. The Hall–Kier alpha value is -3.61. The van der Waals surface area contributed by atoms with Crippen LogP contribution in [-0.4, -0.2) is 37.9 Å². The standard InChI is InChI=1S/C22H23N5O2/c1-22(2,3)29-21(28)25(4)18-9-10-20-23-14-19(26(20)15-18)16-7-5-8-17(13-16)27-12-6-11-24-27/h5-15H,1-4H3. The molecule has 0 atom stereocenters. The molecule has 1 aromatic carbocycles. The molecule has 1 amide bonds. The Morgan fingerprint density at radius 2 is 1.97 bits per heavy atom. The van der Waals surface area contributed by atoms with Gasteiger partial charge in [-0.05, 0) is 51.1 Å². The molecule has 0 N–H and O–H groups in total. The number of ether oxygens (including phenoxy) is 1. The SMILES string of the molecule is CN(C(=O)OC(C)(C)C)c1ccc2ncc(-c3cccc(-n4cccn4)c3)n2c1. The first-order chi connectivity index (χ1) is 13.8. The maximum atomic E-state index is 12.4. The molecule has 3 aromatic heterocycles. The molecule has 0 aliphatic heterocycles. The second-order valence-electron chi connectivity index (χ2n) is 7.80. The Bertz CT molecular complexity index is 1160. The normalized spacial score (nSPS) is 11.6. The monoisotopic (exact) mass is 389 g/mol. The van der Waals surface area contributed by atoms with E-state index >= 15 is 0 Å². The van der Waals surface area contributed by atoms with E-state index < -0.39 is 11.7 Å². The molecule has 4 rings (SSSR count). The predicted octanol–water partition coefficient (Wildman–Crippen LogP) is 4.56. The molecule has 0 saturated heterocycles. The summed E-state index contributed by atoms with van der Waals surface area (Å²) in [6.07, 6.45) is 6.97. The van der Waals surface area contributed by atoms with E-state index in [1.54, 1.807) is 13.2 Å². The number of benzene rings is 1. The minimum Gasteiger partial charge on any atom is -0.443 e. The number of carbonyl (C=O) groups is 1. The summed E-state index contributed by atoms with van der Waals surface area (Å²) in [6, 6.07) is 13.7. The average molecular weight is 389 g/mol. The zero-order valence-corrected chi connectivity index (χ0v) is 16.9. The van der Waals surface area contributed by atoms with Crippen LogP contribution in [0.15, 0.2) is 67.3 Å². The number of carbonyl (C=O) groups excluding carboxylic acids is 1. The highest BCUT2D eigenvalue weighted by atomic mass is 16.6. The third kappa shape index (κ3) is 3.85. The topological polar surface area (TPSA) is 64.7 Å². The summed E-state index contributed by atoms with van der Waals surface area (Å²) in [5, 5.41) is 4.29. The summed E-state index contributed by atoms with van der Waals surface area (Å²) in [5.74, 6) is 0. The van der Waals surface area contributed by atoms with Crippen LogP contribution in [0.25, 0.3) is 22.6 Å². The summed E-state index contributed by atoms with van der Waals surface area (Å²) in [4.78, 5) is 18.4. The highest BCUT2D eigenvalue weighted by Gasteiger charge is 2.21. The van der Waals surface area contributed by atoms with E-state index in [0.29, 0.717) is 5.69 Å². The van der Waals surface area contributed by atoms with Crippen LogP contribution >= 0.6 is 0 Å². The van der Waals surface area contributed by atoms with E-state index in [-0.39, 0.29) is 0 Å². The summed E-state index contributed by atoms with van der Waals surface area (Å²) in [7, 11) is 1.70. The van der Waals surface area contributed by atoms with Crippen LogP contribution in [0.4, 0.5) is 10.5 Å². The number of nitrogens with zero attached hydrogens (tertiary/aromatic N) is 5. The number of pyridine rings is 1. The first-order valence-electron chi connectivity index (χ1n) is 9.36. The first-order valence-corrected chi connectivity index (χ1v) is 9.36. The molecule has 4 aromatic rings. The number of hydrogen-bond donors (Lipinski definition) is 0. The fourth-order valence-corrected chi connectivity index (χ4v) is 3.05. The zero-order chi connectivity index (χ0) is 20.6. The Labute approximate surface area is 169 Å². The number of hydrogen-bond acceptors (Lipinski definition) is 4. The fraction of sp³-hybridized carbons (Fsp3) is 0.227. The Kier molecular flexibility index (Phi) is 4.58. The van der Waals surface area contributed by atoms with Crippen LogP contribution in [0.1, 0.15) is 20.8 Å². The van der Waals surface area contributed by atoms with Crippen LogP contribution in [-0.2, 0) is 4.74 Å². The summed E-state index contributed by atoms with van der Waals surface area (Å²) < 4.78 is 9.26. The van der Waals surface area contributed by atoms with Crippen molar-refractivity contribution in [2.75, 3.05) is 11.9 Å². The van der Waals surface area contributed by atoms with Crippen LogP contribution in [0, 0.1) is 0 Å². The first kappa shape index (κ1) is 18.7. The lowest BCUT2D eigenvalue weighted by molar-refractivity contribution is 0.0589. The van der Waals surface area contributed by atoms with Crippen molar-refractivity contribution in [2.24, 2.45) is 0 Å². The molecule has 0 aliphatic carbocycles. The maximum absolute atomic E-state index is 12.4.